The Hall–Kier alpha value is -1.00. The quantitative estimate of drug-likeness (QED) is 0.729. The van der Waals surface area contributed by atoms with E-state index in [1.807, 2.05) is 18.2 Å². The van der Waals surface area contributed by atoms with Crippen LogP contribution in [0.25, 0.3) is 0 Å². The summed E-state index contributed by atoms with van der Waals surface area (Å²) in [6.45, 7) is 1.91. The predicted octanol–water partition coefficient (Wildman–Crippen LogP) is 1.34. The second-order valence-corrected chi connectivity index (χ2v) is 4.85. The number of nitrogens with zero attached hydrogens (tertiary/aromatic N) is 1. The van der Waals surface area contributed by atoms with Crippen LogP contribution in [-0.4, -0.2) is 35.9 Å². The van der Waals surface area contributed by atoms with E-state index < -0.39 is 0 Å². The average Bonchev–Trinajstić information content (AvgIpc) is 2.25. The molecule has 2 N–H and O–H groups in total. The van der Waals surface area contributed by atoms with Gasteiger partial charge >= 0.3 is 0 Å². The van der Waals surface area contributed by atoms with E-state index in [1.165, 1.54) is 5.56 Å². The van der Waals surface area contributed by atoms with Crippen LogP contribution in [0.1, 0.15) is 5.56 Å². The topological polar surface area (TPSA) is 46.3 Å². The lowest BCUT2D eigenvalue weighted by atomic mass is 10.2. The largest absolute Gasteiger partial charge is 0.369 e. The predicted molar refractivity (Wildman–Crippen MR) is 69.3 cm³/mol. The van der Waals surface area contributed by atoms with Gasteiger partial charge in [0.2, 0.25) is 5.91 Å². The first-order chi connectivity index (χ1) is 7.68. The minimum absolute atomic E-state index is 0.240. The molecule has 0 atom stereocenters. The first-order valence-electron chi connectivity index (χ1n) is 5.27. The van der Waals surface area contributed by atoms with Gasteiger partial charge in [0.15, 0.2) is 0 Å². The number of rotatable bonds is 7. The summed E-state index contributed by atoms with van der Waals surface area (Å²) in [6.07, 6.45) is 0. The molecule has 0 aromatic heterocycles. The number of hydrogen-bond acceptors (Lipinski definition) is 3. The Morgan fingerprint density at radius 1 is 1.38 bits per heavy atom. The van der Waals surface area contributed by atoms with Gasteiger partial charge in [-0.15, -0.1) is 0 Å². The molecule has 1 aromatic rings. The summed E-state index contributed by atoms with van der Waals surface area (Å²) in [5.74, 6) is 1.11. The van der Waals surface area contributed by atoms with Gasteiger partial charge in [0.1, 0.15) is 0 Å². The number of amides is 1. The van der Waals surface area contributed by atoms with Crippen molar-refractivity contribution in [2.45, 2.75) is 6.54 Å². The summed E-state index contributed by atoms with van der Waals surface area (Å²) in [5.41, 5.74) is 6.37. The number of benzene rings is 1. The second-order valence-electron chi connectivity index (χ2n) is 3.74. The Morgan fingerprint density at radius 2 is 2.06 bits per heavy atom. The minimum Gasteiger partial charge on any atom is -0.369 e. The van der Waals surface area contributed by atoms with Crippen LogP contribution in [-0.2, 0) is 11.3 Å². The van der Waals surface area contributed by atoms with Crippen LogP contribution in [0.15, 0.2) is 30.3 Å². The molecule has 0 bridgehead atoms. The minimum atomic E-state index is -0.240. The number of hydrogen-bond donors (Lipinski definition) is 1. The molecular weight excluding hydrogens is 220 g/mol. The molecule has 4 heteroatoms. The molecule has 0 saturated carbocycles. The maximum atomic E-state index is 10.5. The second kappa shape index (κ2) is 7.30. The first kappa shape index (κ1) is 13.1. The van der Waals surface area contributed by atoms with Crippen LogP contribution in [0.3, 0.4) is 0 Å². The van der Waals surface area contributed by atoms with E-state index in [0.29, 0.717) is 5.75 Å². The highest BCUT2D eigenvalue weighted by Gasteiger charge is 2.00. The first-order valence-corrected chi connectivity index (χ1v) is 6.42. The molecule has 0 unspecified atom stereocenters. The highest BCUT2D eigenvalue weighted by atomic mass is 32.2. The van der Waals surface area contributed by atoms with Gasteiger partial charge in [0.05, 0.1) is 5.75 Å². The van der Waals surface area contributed by atoms with Crippen molar-refractivity contribution in [2.75, 3.05) is 25.1 Å². The van der Waals surface area contributed by atoms with Crippen LogP contribution < -0.4 is 5.73 Å². The van der Waals surface area contributed by atoms with Crippen molar-refractivity contribution in [3.8, 4) is 0 Å². The SMILES string of the molecule is CN(CCSCC(N)=O)Cc1ccccc1. The zero-order chi connectivity index (χ0) is 11.8. The standard InChI is InChI=1S/C12H18N2OS/c1-14(7-8-16-10-12(13)15)9-11-5-3-2-4-6-11/h2-6H,7-10H2,1H3,(H2,13,15). The van der Waals surface area contributed by atoms with Crippen LogP contribution in [0.2, 0.25) is 0 Å². The molecule has 1 amide bonds. The summed E-state index contributed by atoms with van der Waals surface area (Å²) in [7, 11) is 2.08. The van der Waals surface area contributed by atoms with Crippen molar-refractivity contribution in [2.24, 2.45) is 5.73 Å². The van der Waals surface area contributed by atoms with E-state index in [-0.39, 0.29) is 5.91 Å². The lowest BCUT2D eigenvalue weighted by molar-refractivity contribution is -0.115. The molecule has 0 spiro atoms. The molecule has 1 rings (SSSR count). The third-order valence-corrected chi connectivity index (χ3v) is 3.12. The van der Waals surface area contributed by atoms with Gasteiger partial charge in [0, 0.05) is 18.8 Å². The molecule has 0 fully saturated rings. The van der Waals surface area contributed by atoms with Gasteiger partial charge in [-0.3, -0.25) is 4.79 Å². The van der Waals surface area contributed by atoms with Crippen molar-refractivity contribution >= 4 is 17.7 Å². The summed E-state index contributed by atoms with van der Waals surface area (Å²) < 4.78 is 0. The van der Waals surface area contributed by atoms with E-state index in [1.54, 1.807) is 11.8 Å². The van der Waals surface area contributed by atoms with E-state index in [4.69, 9.17) is 5.73 Å². The third kappa shape index (κ3) is 5.78. The Balaban J connectivity index is 2.16. The van der Waals surface area contributed by atoms with Gasteiger partial charge in [-0.05, 0) is 12.6 Å². The number of nitrogens with two attached hydrogens (primary N) is 1. The Morgan fingerprint density at radius 3 is 2.69 bits per heavy atom. The smallest absolute Gasteiger partial charge is 0.227 e. The summed E-state index contributed by atoms with van der Waals surface area (Å²) in [6, 6.07) is 10.3. The molecular formula is C12H18N2OS. The van der Waals surface area contributed by atoms with E-state index >= 15 is 0 Å². The molecule has 1 aromatic carbocycles. The van der Waals surface area contributed by atoms with Crippen molar-refractivity contribution in [3.63, 3.8) is 0 Å². The number of thioether (sulfide) groups is 1. The van der Waals surface area contributed by atoms with E-state index in [2.05, 4.69) is 24.1 Å². The molecule has 0 radical (unpaired) electrons. The zero-order valence-electron chi connectivity index (χ0n) is 9.56. The molecule has 16 heavy (non-hydrogen) atoms. The van der Waals surface area contributed by atoms with Gasteiger partial charge in [-0.25, -0.2) is 0 Å². The Bertz CT molecular complexity index is 316. The van der Waals surface area contributed by atoms with Gasteiger partial charge in [-0.2, -0.15) is 11.8 Å². The molecule has 0 aliphatic carbocycles. The van der Waals surface area contributed by atoms with Crippen molar-refractivity contribution in [1.82, 2.24) is 4.90 Å². The Kier molecular flexibility index (Phi) is 5.96. The maximum Gasteiger partial charge on any atom is 0.227 e. The lowest BCUT2D eigenvalue weighted by Gasteiger charge is -2.15. The molecule has 0 heterocycles. The molecule has 88 valence electrons. The zero-order valence-corrected chi connectivity index (χ0v) is 10.4. The van der Waals surface area contributed by atoms with Gasteiger partial charge in [-0.1, -0.05) is 30.3 Å². The molecule has 0 aliphatic rings. The molecule has 0 aliphatic heterocycles. The average molecular weight is 238 g/mol. The van der Waals surface area contributed by atoms with Crippen molar-refractivity contribution in [3.05, 3.63) is 35.9 Å². The summed E-state index contributed by atoms with van der Waals surface area (Å²) in [5, 5.41) is 0. The normalized spacial score (nSPS) is 10.6. The molecule has 3 nitrogen and oxygen atoms in total. The van der Waals surface area contributed by atoms with Crippen LogP contribution in [0.4, 0.5) is 0 Å². The fourth-order valence-electron chi connectivity index (χ4n) is 1.37. The fraction of sp³-hybridized carbons (Fsp3) is 0.417. The van der Waals surface area contributed by atoms with Crippen LogP contribution in [0.5, 0.6) is 0 Å². The van der Waals surface area contributed by atoms with E-state index in [0.717, 1.165) is 18.8 Å². The van der Waals surface area contributed by atoms with Gasteiger partial charge in [0.25, 0.3) is 0 Å². The van der Waals surface area contributed by atoms with E-state index in [9.17, 15) is 4.79 Å². The molecule has 0 saturated heterocycles. The van der Waals surface area contributed by atoms with Crippen LogP contribution >= 0.6 is 11.8 Å². The van der Waals surface area contributed by atoms with Crippen molar-refractivity contribution in [1.29, 1.82) is 0 Å². The number of primary amides is 1. The number of carbonyl (C=O) groups is 1. The fourth-order valence-corrected chi connectivity index (χ4v) is 2.15. The van der Waals surface area contributed by atoms with Crippen LogP contribution in [0, 0.1) is 0 Å². The van der Waals surface area contributed by atoms with Crippen molar-refractivity contribution < 1.29 is 4.79 Å². The highest BCUT2D eigenvalue weighted by Crippen LogP contribution is 2.04. The Labute approximate surface area is 101 Å². The highest BCUT2D eigenvalue weighted by molar-refractivity contribution is 7.99. The summed E-state index contributed by atoms with van der Waals surface area (Å²) >= 11 is 1.58. The number of carbonyl (C=O) groups excluding carboxylic acids is 1. The third-order valence-electron chi connectivity index (χ3n) is 2.16. The lowest BCUT2D eigenvalue weighted by Crippen LogP contribution is -2.22. The summed E-state index contributed by atoms with van der Waals surface area (Å²) in [4.78, 5) is 12.8. The van der Waals surface area contributed by atoms with Gasteiger partial charge < -0.3 is 10.6 Å². The maximum absolute atomic E-state index is 10.5. The monoisotopic (exact) mass is 238 g/mol.